The molecule has 2 rings (SSSR count). The van der Waals surface area contributed by atoms with Gasteiger partial charge in [0.25, 0.3) is 0 Å². The highest BCUT2D eigenvalue weighted by Gasteiger charge is 2.25. The van der Waals surface area contributed by atoms with Crippen LogP contribution in [0.25, 0.3) is 0 Å². The standard InChI is InChI=1S/C17H28N2/c1-4-11-18-12-14(2)16-7-5-15(6-8-16)13-19(3)17-9-10-17/h5-8,14,17-18H,4,9-13H2,1-3H3. The average Bonchev–Trinajstić information content (AvgIpc) is 3.24. The summed E-state index contributed by atoms with van der Waals surface area (Å²) in [5, 5.41) is 3.50. The van der Waals surface area contributed by atoms with E-state index in [-0.39, 0.29) is 0 Å². The molecular formula is C17H28N2. The number of hydrogen-bond donors (Lipinski definition) is 1. The van der Waals surface area contributed by atoms with Gasteiger partial charge in [-0.15, -0.1) is 0 Å². The molecule has 0 aliphatic heterocycles. The minimum Gasteiger partial charge on any atom is -0.316 e. The van der Waals surface area contributed by atoms with Crippen LogP contribution in [0.1, 0.15) is 50.2 Å². The Morgan fingerprint density at radius 3 is 2.53 bits per heavy atom. The maximum Gasteiger partial charge on any atom is 0.0233 e. The van der Waals surface area contributed by atoms with Crippen molar-refractivity contribution in [1.82, 2.24) is 10.2 Å². The molecule has 0 radical (unpaired) electrons. The molecule has 1 aromatic rings. The number of hydrogen-bond acceptors (Lipinski definition) is 2. The van der Waals surface area contributed by atoms with Crippen LogP contribution in [-0.2, 0) is 6.54 Å². The van der Waals surface area contributed by atoms with Crippen LogP contribution in [0.3, 0.4) is 0 Å². The zero-order valence-electron chi connectivity index (χ0n) is 12.7. The smallest absolute Gasteiger partial charge is 0.0233 e. The maximum atomic E-state index is 3.50. The van der Waals surface area contributed by atoms with E-state index in [4.69, 9.17) is 0 Å². The first-order valence-corrected chi connectivity index (χ1v) is 7.70. The van der Waals surface area contributed by atoms with Gasteiger partial charge in [-0.2, -0.15) is 0 Å². The minimum atomic E-state index is 0.599. The van der Waals surface area contributed by atoms with Gasteiger partial charge < -0.3 is 5.32 Å². The van der Waals surface area contributed by atoms with Gasteiger partial charge in [0, 0.05) is 19.1 Å². The van der Waals surface area contributed by atoms with Gasteiger partial charge >= 0.3 is 0 Å². The van der Waals surface area contributed by atoms with Crippen LogP contribution in [0.15, 0.2) is 24.3 Å². The van der Waals surface area contributed by atoms with Crippen molar-refractivity contribution in [2.45, 2.75) is 51.6 Å². The number of rotatable bonds is 8. The summed E-state index contributed by atoms with van der Waals surface area (Å²) in [6, 6.07) is 10.0. The lowest BCUT2D eigenvalue weighted by molar-refractivity contribution is 0.316. The molecule has 1 unspecified atom stereocenters. The van der Waals surface area contributed by atoms with Crippen molar-refractivity contribution in [2.24, 2.45) is 0 Å². The van der Waals surface area contributed by atoms with Gasteiger partial charge in [-0.25, -0.2) is 0 Å². The van der Waals surface area contributed by atoms with Gasteiger partial charge in [0.1, 0.15) is 0 Å². The summed E-state index contributed by atoms with van der Waals surface area (Å²) in [6.45, 7) is 7.80. The van der Waals surface area contributed by atoms with E-state index < -0.39 is 0 Å². The lowest BCUT2D eigenvalue weighted by Gasteiger charge is -2.17. The summed E-state index contributed by atoms with van der Waals surface area (Å²) in [5.41, 5.74) is 2.88. The van der Waals surface area contributed by atoms with Crippen molar-refractivity contribution in [1.29, 1.82) is 0 Å². The van der Waals surface area contributed by atoms with Gasteiger partial charge in [0.2, 0.25) is 0 Å². The lowest BCUT2D eigenvalue weighted by Crippen LogP contribution is -2.21. The molecule has 1 aliphatic rings. The molecule has 0 amide bonds. The Morgan fingerprint density at radius 2 is 1.95 bits per heavy atom. The predicted octanol–water partition coefficient (Wildman–Crippen LogP) is 3.38. The van der Waals surface area contributed by atoms with Crippen molar-refractivity contribution < 1.29 is 0 Å². The molecule has 0 heterocycles. The first-order chi connectivity index (χ1) is 9.20. The second-order valence-corrected chi connectivity index (χ2v) is 5.99. The first kappa shape index (κ1) is 14.5. The van der Waals surface area contributed by atoms with Crippen molar-refractivity contribution in [2.75, 3.05) is 20.1 Å². The third-order valence-corrected chi connectivity index (χ3v) is 4.03. The van der Waals surface area contributed by atoms with E-state index in [0.717, 1.165) is 25.7 Å². The zero-order chi connectivity index (χ0) is 13.7. The number of nitrogens with zero attached hydrogens (tertiary/aromatic N) is 1. The quantitative estimate of drug-likeness (QED) is 0.721. The molecule has 1 atom stereocenters. The molecule has 106 valence electrons. The minimum absolute atomic E-state index is 0.599. The molecule has 2 heteroatoms. The maximum absolute atomic E-state index is 3.50. The Kier molecular flexibility index (Phi) is 5.41. The average molecular weight is 260 g/mol. The van der Waals surface area contributed by atoms with Crippen LogP contribution in [-0.4, -0.2) is 31.1 Å². The Morgan fingerprint density at radius 1 is 1.26 bits per heavy atom. The summed E-state index contributed by atoms with van der Waals surface area (Å²) >= 11 is 0. The molecule has 1 saturated carbocycles. The van der Waals surface area contributed by atoms with E-state index in [9.17, 15) is 0 Å². The van der Waals surface area contributed by atoms with Gasteiger partial charge in [-0.05, 0) is 49.9 Å². The Bertz CT molecular complexity index is 367. The summed E-state index contributed by atoms with van der Waals surface area (Å²) in [4.78, 5) is 2.47. The molecule has 1 aliphatic carbocycles. The molecule has 1 fully saturated rings. The highest BCUT2D eigenvalue weighted by molar-refractivity contribution is 5.25. The normalized spacial score (nSPS) is 16.8. The molecule has 19 heavy (non-hydrogen) atoms. The number of benzene rings is 1. The molecule has 0 bridgehead atoms. The second-order valence-electron chi connectivity index (χ2n) is 5.99. The van der Waals surface area contributed by atoms with Crippen molar-refractivity contribution >= 4 is 0 Å². The SMILES string of the molecule is CCCNCC(C)c1ccc(CN(C)C2CC2)cc1. The molecule has 1 aromatic carbocycles. The van der Waals surface area contributed by atoms with Crippen molar-refractivity contribution in [3.8, 4) is 0 Å². The monoisotopic (exact) mass is 260 g/mol. The highest BCUT2D eigenvalue weighted by Crippen LogP contribution is 2.26. The van der Waals surface area contributed by atoms with Crippen LogP contribution >= 0.6 is 0 Å². The van der Waals surface area contributed by atoms with Crippen LogP contribution in [0.2, 0.25) is 0 Å². The topological polar surface area (TPSA) is 15.3 Å². The van der Waals surface area contributed by atoms with E-state index in [1.165, 1.54) is 30.4 Å². The predicted molar refractivity (Wildman–Crippen MR) is 82.5 cm³/mol. The third-order valence-electron chi connectivity index (χ3n) is 4.03. The lowest BCUT2D eigenvalue weighted by atomic mass is 9.99. The fourth-order valence-corrected chi connectivity index (χ4v) is 2.50. The first-order valence-electron chi connectivity index (χ1n) is 7.70. The van der Waals surface area contributed by atoms with E-state index in [1.807, 2.05) is 0 Å². The molecule has 0 saturated heterocycles. The van der Waals surface area contributed by atoms with E-state index in [0.29, 0.717) is 5.92 Å². The van der Waals surface area contributed by atoms with Crippen molar-refractivity contribution in [3.05, 3.63) is 35.4 Å². The Labute approximate surface area is 118 Å². The van der Waals surface area contributed by atoms with Gasteiger partial charge in [0.15, 0.2) is 0 Å². The Hall–Kier alpha value is -0.860. The van der Waals surface area contributed by atoms with Crippen LogP contribution in [0.5, 0.6) is 0 Å². The largest absolute Gasteiger partial charge is 0.316 e. The van der Waals surface area contributed by atoms with Gasteiger partial charge in [-0.1, -0.05) is 38.1 Å². The van der Waals surface area contributed by atoms with Crippen LogP contribution in [0, 0.1) is 0 Å². The molecule has 2 nitrogen and oxygen atoms in total. The fraction of sp³-hybridized carbons (Fsp3) is 0.647. The highest BCUT2D eigenvalue weighted by atomic mass is 15.1. The molecule has 1 N–H and O–H groups in total. The summed E-state index contributed by atoms with van der Waals surface area (Å²) in [7, 11) is 2.24. The zero-order valence-corrected chi connectivity index (χ0v) is 12.7. The van der Waals surface area contributed by atoms with E-state index in [1.54, 1.807) is 0 Å². The summed E-state index contributed by atoms with van der Waals surface area (Å²) < 4.78 is 0. The van der Waals surface area contributed by atoms with Crippen LogP contribution < -0.4 is 5.32 Å². The van der Waals surface area contributed by atoms with E-state index >= 15 is 0 Å². The molecule has 0 spiro atoms. The number of nitrogens with one attached hydrogen (secondary N) is 1. The van der Waals surface area contributed by atoms with Crippen molar-refractivity contribution in [3.63, 3.8) is 0 Å². The van der Waals surface area contributed by atoms with E-state index in [2.05, 4.69) is 55.4 Å². The fourth-order valence-electron chi connectivity index (χ4n) is 2.50. The van der Waals surface area contributed by atoms with Gasteiger partial charge in [0.05, 0.1) is 0 Å². The Balaban J connectivity index is 1.82. The third kappa shape index (κ3) is 4.63. The summed E-state index contributed by atoms with van der Waals surface area (Å²) in [5.74, 6) is 0.599. The van der Waals surface area contributed by atoms with Crippen LogP contribution in [0.4, 0.5) is 0 Å². The second kappa shape index (κ2) is 7.06. The summed E-state index contributed by atoms with van der Waals surface area (Å²) in [6.07, 6.45) is 3.97. The molecular weight excluding hydrogens is 232 g/mol. The molecule has 0 aromatic heterocycles. The van der Waals surface area contributed by atoms with Gasteiger partial charge in [-0.3, -0.25) is 4.90 Å².